The van der Waals surface area contributed by atoms with Crippen molar-refractivity contribution in [1.29, 1.82) is 0 Å². The summed E-state index contributed by atoms with van der Waals surface area (Å²) in [6, 6.07) is 0.921. The molecule has 1 atom stereocenters. The summed E-state index contributed by atoms with van der Waals surface area (Å²) in [5.41, 5.74) is 0. The van der Waals surface area contributed by atoms with Gasteiger partial charge in [0.25, 0.3) is 0 Å². The number of carbonyl (C=O) groups is 1. The number of esters is 1. The fourth-order valence-electron chi connectivity index (χ4n) is 0.994. The topological polar surface area (TPSA) is 26.3 Å². The molecule has 16 heavy (non-hydrogen) atoms. The summed E-state index contributed by atoms with van der Waals surface area (Å²) in [5, 5.41) is 0. The van der Waals surface area contributed by atoms with Crippen LogP contribution in [-0.4, -0.2) is 5.97 Å². The highest BCUT2D eigenvalue weighted by molar-refractivity contribution is 5.74. The van der Waals surface area contributed by atoms with Crippen LogP contribution >= 0.6 is 0 Å². The van der Waals surface area contributed by atoms with Gasteiger partial charge in [-0.05, 0) is 6.42 Å². The Morgan fingerprint density at radius 1 is 1.31 bits per heavy atom. The van der Waals surface area contributed by atoms with Gasteiger partial charge in [0.05, 0.1) is 5.92 Å². The van der Waals surface area contributed by atoms with E-state index in [1.165, 1.54) is 0 Å². The predicted octanol–water partition coefficient (Wildman–Crippen LogP) is 3.06. The molecule has 0 aliphatic carbocycles. The molecule has 0 aliphatic rings. The molecule has 0 saturated heterocycles. The predicted molar refractivity (Wildman–Crippen MR) is 51.4 cm³/mol. The largest absolute Gasteiger partial charge is 0.420 e. The molecule has 0 bridgehead atoms. The molecule has 1 aromatic rings. The lowest BCUT2D eigenvalue weighted by atomic mass is 10.1. The number of rotatable bonds is 3. The van der Waals surface area contributed by atoms with Crippen LogP contribution in [0.1, 0.15) is 20.3 Å². The van der Waals surface area contributed by atoms with Crippen molar-refractivity contribution in [3.63, 3.8) is 0 Å². The number of carbonyl (C=O) groups excluding carboxylic acids is 1. The van der Waals surface area contributed by atoms with Crippen molar-refractivity contribution < 1.29 is 22.7 Å². The molecule has 0 heterocycles. The van der Waals surface area contributed by atoms with E-state index in [1.807, 2.05) is 0 Å². The first-order valence-corrected chi connectivity index (χ1v) is 4.82. The van der Waals surface area contributed by atoms with E-state index in [-0.39, 0.29) is 0 Å². The molecule has 0 fully saturated rings. The van der Waals surface area contributed by atoms with E-state index in [1.54, 1.807) is 13.8 Å². The van der Waals surface area contributed by atoms with Crippen molar-refractivity contribution in [1.82, 2.24) is 0 Å². The van der Waals surface area contributed by atoms with E-state index in [0.29, 0.717) is 18.6 Å². The Labute approximate surface area is 91.0 Å². The van der Waals surface area contributed by atoms with Gasteiger partial charge in [-0.15, -0.1) is 0 Å². The fourth-order valence-corrected chi connectivity index (χ4v) is 0.994. The number of halogens is 3. The average Bonchev–Trinajstić information content (AvgIpc) is 2.21. The number of hydrogen-bond acceptors (Lipinski definition) is 2. The summed E-state index contributed by atoms with van der Waals surface area (Å²) in [6.07, 6.45) is 0.489. The van der Waals surface area contributed by atoms with Gasteiger partial charge in [-0.25, -0.2) is 13.2 Å². The minimum absolute atomic E-state index is 0.461. The first-order chi connectivity index (χ1) is 7.45. The molecule has 0 spiro atoms. The second kappa shape index (κ2) is 5.01. The second-order valence-corrected chi connectivity index (χ2v) is 3.43. The monoisotopic (exact) mass is 232 g/mol. The van der Waals surface area contributed by atoms with Crippen LogP contribution in [0, 0.1) is 23.4 Å². The SMILES string of the molecule is CCC(C)C(=O)Oc1c(F)cc(F)cc1F. The highest BCUT2D eigenvalue weighted by Crippen LogP contribution is 2.23. The van der Waals surface area contributed by atoms with Gasteiger partial charge in [-0.1, -0.05) is 13.8 Å². The second-order valence-electron chi connectivity index (χ2n) is 3.43. The third-order valence-corrected chi connectivity index (χ3v) is 2.18. The zero-order valence-corrected chi connectivity index (χ0v) is 8.89. The lowest BCUT2D eigenvalue weighted by Gasteiger charge is -2.10. The van der Waals surface area contributed by atoms with Gasteiger partial charge in [0.15, 0.2) is 11.6 Å². The summed E-state index contributed by atoms with van der Waals surface area (Å²) in [4.78, 5) is 11.3. The lowest BCUT2D eigenvalue weighted by molar-refractivity contribution is -0.138. The number of ether oxygens (including phenoxy) is 1. The highest BCUT2D eigenvalue weighted by Gasteiger charge is 2.19. The lowest BCUT2D eigenvalue weighted by Crippen LogP contribution is -2.18. The van der Waals surface area contributed by atoms with E-state index in [4.69, 9.17) is 0 Å². The fraction of sp³-hybridized carbons (Fsp3) is 0.364. The Balaban J connectivity index is 2.93. The van der Waals surface area contributed by atoms with Gasteiger partial charge in [-0.3, -0.25) is 4.79 Å². The van der Waals surface area contributed by atoms with Crippen LogP contribution in [0.3, 0.4) is 0 Å². The Hall–Kier alpha value is -1.52. The summed E-state index contributed by atoms with van der Waals surface area (Å²) in [6.45, 7) is 3.31. The van der Waals surface area contributed by atoms with Crippen molar-refractivity contribution in [2.24, 2.45) is 5.92 Å². The molecule has 1 unspecified atom stereocenters. The maximum Gasteiger partial charge on any atom is 0.314 e. The van der Waals surface area contributed by atoms with E-state index in [9.17, 15) is 18.0 Å². The van der Waals surface area contributed by atoms with Crippen LogP contribution in [0.5, 0.6) is 5.75 Å². The first kappa shape index (κ1) is 12.5. The molecular formula is C11H11F3O2. The van der Waals surface area contributed by atoms with Gasteiger partial charge >= 0.3 is 5.97 Å². The van der Waals surface area contributed by atoms with E-state index in [2.05, 4.69) is 4.74 Å². The van der Waals surface area contributed by atoms with E-state index < -0.39 is 35.1 Å². The molecule has 0 aliphatic heterocycles. The van der Waals surface area contributed by atoms with Crippen LogP contribution in [-0.2, 0) is 4.79 Å². The molecule has 0 radical (unpaired) electrons. The maximum atomic E-state index is 13.1. The van der Waals surface area contributed by atoms with Gasteiger partial charge in [-0.2, -0.15) is 0 Å². The van der Waals surface area contributed by atoms with Gasteiger partial charge < -0.3 is 4.74 Å². The number of hydrogen-bond donors (Lipinski definition) is 0. The van der Waals surface area contributed by atoms with Crippen LogP contribution < -0.4 is 4.74 Å². The van der Waals surface area contributed by atoms with Crippen molar-refractivity contribution in [2.45, 2.75) is 20.3 Å². The Morgan fingerprint density at radius 3 is 2.25 bits per heavy atom. The van der Waals surface area contributed by atoms with E-state index in [0.717, 1.165) is 0 Å². The number of benzene rings is 1. The van der Waals surface area contributed by atoms with E-state index >= 15 is 0 Å². The third kappa shape index (κ3) is 2.74. The molecule has 88 valence electrons. The van der Waals surface area contributed by atoms with Crippen molar-refractivity contribution in [3.05, 3.63) is 29.6 Å². The maximum absolute atomic E-state index is 13.1. The normalized spacial score (nSPS) is 12.3. The molecule has 0 N–H and O–H groups in total. The van der Waals surface area contributed by atoms with Crippen molar-refractivity contribution in [2.75, 3.05) is 0 Å². The summed E-state index contributed by atoms with van der Waals surface area (Å²) in [7, 11) is 0. The zero-order valence-electron chi connectivity index (χ0n) is 8.89. The summed E-state index contributed by atoms with van der Waals surface area (Å²) in [5.74, 6) is -5.58. The Bertz CT molecular complexity index is 381. The van der Waals surface area contributed by atoms with Gasteiger partial charge in [0.1, 0.15) is 5.82 Å². The standard InChI is InChI=1S/C11H11F3O2/c1-3-6(2)11(15)16-10-8(13)4-7(12)5-9(10)14/h4-6H,3H2,1-2H3. The summed E-state index contributed by atoms with van der Waals surface area (Å²) >= 11 is 0. The van der Waals surface area contributed by atoms with Crippen LogP contribution in [0.15, 0.2) is 12.1 Å². The average molecular weight is 232 g/mol. The molecule has 1 aromatic carbocycles. The third-order valence-electron chi connectivity index (χ3n) is 2.18. The molecule has 1 rings (SSSR count). The molecule has 2 nitrogen and oxygen atoms in total. The van der Waals surface area contributed by atoms with Crippen LogP contribution in [0.2, 0.25) is 0 Å². The van der Waals surface area contributed by atoms with Crippen molar-refractivity contribution >= 4 is 5.97 Å². The molecule has 5 heteroatoms. The van der Waals surface area contributed by atoms with Crippen LogP contribution in [0.4, 0.5) is 13.2 Å². The van der Waals surface area contributed by atoms with Gasteiger partial charge in [0, 0.05) is 12.1 Å². The minimum Gasteiger partial charge on any atom is -0.420 e. The molecular weight excluding hydrogens is 221 g/mol. The zero-order chi connectivity index (χ0) is 12.3. The van der Waals surface area contributed by atoms with Crippen molar-refractivity contribution in [3.8, 4) is 5.75 Å². The van der Waals surface area contributed by atoms with Crippen LogP contribution in [0.25, 0.3) is 0 Å². The Kier molecular flexibility index (Phi) is 3.93. The summed E-state index contributed by atoms with van der Waals surface area (Å²) < 4.78 is 43.2. The molecule has 0 aromatic heterocycles. The smallest absolute Gasteiger partial charge is 0.314 e. The first-order valence-electron chi connectivity index (χ1n) is 4.82. The Morgan fingerprint density at radius 2 is 1.81 bits per heavy atom. The highest BCUT2D eigenvalue weighted by atomic mass is 19.1. The minimum atomic E-state index is -1.23. The quantitative estimate of drug-likeness (QED) is 0.591. The molecule has 0 amide bonds. The van der Waals surface area contributed by atoms with Gasteiger partial charge in [0.2, 0.25) is 5.75 Å². The molecule has 0 saturated carbocycles.